The van der Waals surface area contributed by atoms with Crippen LogP contribution in [0, 0.1) is 0 Å². The lowest BCUT2D eigenvalue weighted by Gasteiger charge is -2.27. The molecule has 0 spiro atoms. The molecule has 6 heteroatoms. The fourth-order valence-corrected chi connectivity index (χ4v) is 5.08. The molecule has 5 rings (SSSR count). The standard InChI is InChI=1S/C25H30N4O2/c1-17(18-9-10-20-16-21(31-2)12-11-19(20)15-18)25(30)28-14-6-7-22(28)24-27-26-23-8-4-3-5-13-29(23)24/h9-12,15-17,22H,3-8,13-14H2,1-2H3/t17-,22?/m0/s1. The molecule has 0 radical (unpaired) electrons. The number of benzene rings is 2. The minimum Gasteiger partial charge on any atom is -0.497 e. The zero-order valence-corrected chi connectivity index (χ0v) is 18.4. The van der Waals surface area contributed by atoms with E-state index < -0.39 is 0 Å². The summed E-state index contributed by atoms with van der Waals surface area (Å²) in [5.41, 5.74) is 1.05. The van der Waals surface area contributed by atoms with Crippen molar-refractivity contribution in [3.63, 3.8) is 0 Å². The van der Waals surface area contributed by atoms with Crippen molar-refractivity contribution in [1.29, 1.82) is 0 Å². The van der Waals surface area contributed by atoms with Crippen LogP contribution in [0.2, 0.25) is 0 Å². The van der Waals surface area contributed by atoms with Crippen LogP contribution in [-0.4, -0.2) is 39.2 Å². The third kappa shape index (κ3) is 3.68. The Morgan fingerprint density at radius 3 is 2.74 bits per heavy atom. The zero-order chi connectivity index (χ0) is 21.4. The Morgan fingerprint density at radius 1 is 1.03 bits per heavy atom. The van der Waals surface area contributed by atoms with Crippen molar-refractivity contribution in [3.05, 3.63) is 53.6 Å². The summed E-state index contributed by atoms with van der Waals surface area (Å²) in [6, 6.07) is 12.4. The molecule has 31 heavy (non-hydrogen) atoms. The molecule has 0 aliphatic carbocycles. The highest BCUT2D eigenvalue weighted by atomic mass is 16.5. The topological polar surface area (TPSA) is 60.2 Å². The molecule has 6 nitrogen and oxygen atoms in total. The van der Waals surface area contributed by atoms with E-state index in [4.69, 9.17) is 4.74 Å². The van der Waals surface area contributed by atoms with Crippen LogP contribution in [0.5, 0.6) is 5.75 Å². The number of aryl methyl sites for hydroxylation is 1. The van der Waals surface area contributed by atoms with E-state index in [1.807, 2.05) is 24.0 Å². The highest BCUT2D eigenvalue weighted by Crippen LogP contribution is 2.35. The Morgan fingerprint density at radius 2 is 1.87 bits per heavy atom. The molecule has 2 aromatic carbocycles. The number of nitrogens with zero attached hydrogens (tertiary/aromatic N) is 4. The Balaban J connectivity index is 1.40. The Kier molecular flexibility index (Phi) is 5.38. The van der Waals surface area contributed by atoms with Crippen LogP contribution >= 0.6 is 0 Å². The molecular formula is C25H30N4O2. The first-order chi connectivity index (χ1) is 15.2. The molecule has 0 bridgehead atoms. The quantitative estimate of drug-likeness (QED) is 0.620. The van der Waals surface area contributed by atoms with Crippen LogP contribution in [0.4, 0.5) is 0 Å². The largest absolute Gasteiger partial charge is 0.497 e. The lowest BCUT2D eigenvalue weighted by atomic mass is 9.96. The van der Waals surface area contributed by atoms with Gasteiger partial charge in [0, 0.05) is 19.5 Å². The normalized spacial score (nSPS) is 19.8. The van der Waals surface area contributed by atoms with Gasteiger partial charge in [0.05, 0.1) is 19.1 Å². The van der Waals surface area contributed by atoms with Crippen molar-refractivity contribution < 1.29 is 9.53 Å². The molecule has 1 saturated heterocycles. The van der Waals surface area contributed by atoms with Crippen molar-refractivity contribution in [1.82, 2.24) is 19.7 Å². The summed E-state index contributed by atoms with van der Waals surface area (Å²) in [4.78, 5) is 15.6. The Labute approximate surface area is 183 Å². The zero-order valence-electron chi connectivity index (χ0n) is 18.4. The SMILES string of the molecule is COc1ccc2cc([C@H](C)C(=O)N3CCCC3c3nnc4n3CCCCC4)ccc2c1. The van der Waals surface area contributed by atoms with E-state index in [0.717, 1.165) is 72.5 Å². The molecule has 1 aromatic heterocycles. The van der Waals surface area contributed by atoms with E-state index in [1.54, 1.807) is 7.11 Å². The van der Waals surface area contributed by atoms with Crippen molar-refractivity contribution in [3.8, 4) is 5.75 Å². The van der Waals surface area contributed by atoms with E-state index in [9.17, 15) is 4.79 Å². The average molecular weight is 419 g/mol. The fourth-order valence-electron chi connectivity index (χ4n) is 5.08. The molecule has 0 saturated carbocycles. The van der Waals surface area contributed by atoms with Crippen LogP contribution < -0.4 is 4.74 Å². The first-order valence-corrected chi connectivity index (χ1v) is 11.5. The molecular weight excluding hydrogens is 388 g/mol. The van der Waals surface area contributed by atoms with Gasteiger partial charge in [-0.2, -0.15) is 0 Å². The summed E-state index contributed by atoms with van der Waals surface area (Å²) in [5, 5.41) is 11.3. The van der Waals surface area contributed by atoms with Crippen LogP contribution in [0.3, 0.4) is 0 Å². The molecule has 1 unspecified atom stereocenters. The number of carbonyl (C=O) groups excluding carboxylic acids is 1. The molecule has 0 N–H and O–H groups in total. The maximum absolute atomic E-state index is 13.6. The van der Waals surface area contributed by atoms with Crippen molar-refractivity contribution in [2.24, 2.45) is 0 Å². The average Bonchev–Trinajstić information content (AvgIpc) is 3.38. The molecule has 162 valence electrons. The van der Waals surface area contributed by atoms with Gasteiger partial charge in [0.15, 0.2) is 5.82 Å². The first kappa shape index (κ1) is 20.0. The number of likely N-dealkylation sites (tertiary alicyclic amines) is 1. The van der Waals surface area contributed by atoms with Crippen molar-refractivity contribution >= 4 is 16.7 Å². The number of rotatable bonds is 4. The molecule has 2 aliphatic heterocycles. The second kappa shape index (κ2) is 8.33. The number of ether oxygens (including phenoxy) is 1. The summed E-state index contributed by atoms with van der Waals surface area (Å²) in [5.74, 6) is 2.90. The number of amides is 1. The number of methoxy groups -OCH3 is 1. The Bertz CT molecular complexity index is 1110. The third-order valence-electron chi connectivity index (χ3n) is 6.91. The highest BCUT2D eigenvalue weighted by Gasteiger charge is 2.36. The number of hydrogen-bond donors (Lipinski definition) is 0. The van der Waals surface area contributed by atoms with E-state index in [-0.39, 0.29) is 17.9 Å². The molecule has 3 aromatic rings. The fraction of sp³-hybridized carbons (Fsp3) is 0.480. The van der Waals surface area contributed by atoms with Crippen molar-refractivity contribution in [2.45, 2.75) is 64.0 Å². The monoisotopic (exact) mass is 418 g/mol. The smallest absolute Gasteiger partial charge is 0.230 e. The summed E-state index contributed by atoms with van der Waals surface area (Å²) < 4.78 is 7.62. The lowest BCUT2D eigenvalue weighted by molar-refractivity contribution is -0.133. The van der Waals surface area contributed by atoms with Gasteiger partial charge in [-0.3, -0.25) is 4.79 Å². The maximum Gasteiger partial charge on any atom is 0.230 e. The van der Waals surface area contributed by atoms with Crippen molar-refractivity contribution in [2.75, 3.05) is 13.7 Å². The second-order valence-electron chi connectivity index (χ2n) is 8.82. The molecule has 2 atom stereocenters. The number of carbonyl (C=O) groups is 1. The third-order valence-corrected chi connectivity index (χ3v) is 6.91. The minimum atomic E-state index is -0.196. The second-order valence-corrected chi connectivity index (χ2v) is 8.82. The molecule has 2 aliphatic rings. The summed E-state index contributed by atoms with van der Waals surface area (Å²) >= 11 is 0. The van der Waals surface area contributed by atoms with E-state index in [1.165, 1.54) is 12.8 Å². The lowest BCUT2D eigenvalue weighted by Crippen LogP contribution is -2.35. The summed E-state index contributed by atoms with van der Waals surface area (Å²) in [6.07, 6.45) is 6.55. The summed E-state index contributed by atoms with van der Waals surface area (Å²) in [7, 11) is 1.68. The van der Waals surface area contributed by atoms with Crippen LogP contribution in [0.15, 0.2) is 36.4 Å². The minimum absolute atomic E-state index is 0.0408. The van der Waals surface area contributed by atoms with Gasteiger partial charge in [0.25, 0.3) is 0 Å². The van der Waals surface area contributed by atoms with Gasteiger partial charge in [0.1, 0.15) is 11.6 Å². The van der Waals surface area contributed by atoms with Gasteiger partial charge in [-0.05, 0) is 61.1 Å². The molecule has 1 amide bonds. The van der Waals surface area contributed by atoms with Crippen LogP contribution in [0.1, 0.15) is 68.2 Å². The van der Waals surface area contributed by atoms with Crippen LogP contribution in [-0.2, 0) is 17.8 Å². The van der Waals surface area contributed by atoms with Gasteiger partial charge >= 0.3 is 0 Å². The number of fused-ring (bicyclic) bond motifs is 2. The van der Waals surface area contributed by atoms with Crippen LogP contribution in [0.25, 0.3) is 10.8 Å². The van der Waals surface area contributed by atoms with Gasteiger partial charge in [-0.25, -0.2) is 0 Å². The van der Waals surface area contributed by atoms with E-state index in [2.05, 4.69) is 39.0 Å². The molecule has 1 fully saturated rings. The van der Waals surface area contributed by atoms with E-state index >= 15 is 0 Å². The predicted molar refractivity (Wildman–Crippen MR) is 120 cm³/mol. The maximum atomic E-state index is 13.6. The highest BCUT2D eigenvalue weighted by molar-refractivity contribution is 5.88. The van der Waals surface area contributed by atoms with E-state index in [0.29, 0.717) is 0 Å². The van der Waals surface area contributed by atoms with Gasteiger partial charge in [0.2, 0.25) is 5.91 Å². The van der Waals surface area contributed by atoms with Gasteiger partial charge in [-0.15, -0.1) is 10.2 Å². The van der Waals surface area contributed by atoms with Gasteiger partial charge in [-0.1, -0.05) is 30.7 Å². The Hall–Kier alpha value is -2.89. The number of aromatic nitrogens is 3. The molecule has 3 heterocycles. The van der Waals surface area contributed by atoms with Gasteiger partial charge < -0.3 is 14.2 Å². The summed E-state index contributed by atoms with van der Waals surface area (Å²) in [6.45, 7) is 3.79. The first-order valence-electron chi connectivity index (χ1n) is 11.5. The number of hydrogen-bond acceptors (Lipinski definition) is 4. The predicted octanol–water partition coefficient (Wildman–Crippen LogP) is 4.63.